The maximum atomic E-state index is 12.1. The van der Waals surface area contributed by atoms with Gasteiger partial charge in [-0.2, -0.15) is 0 Å². The third kappa shape index (κ3) is 3.59. The molecule has 1 aromatic rings. The molecule has 0 saturated carbocycles. The minimum atomic E-state index is -0.456. The van der Waals surface area contributed by atoms with Crippen molar-refractivity contribution in [2.45, 2.75) is 39.3 Å². The molecule has 1 saturated heterocycles. The Morgan fingerprint density at radius 2 is 2.10 bits per heavy atom. The lowest BCUT2D eigenvalue weighted by Crippen LogP contribution is -2.54. The summed E-state index contributed by atoms with van der Waals surface area (Å²) in [5.74, 6) is 0.851. The van der Waals surface area contributed by atoms with E-state index in [-0.39, 0.29) is 12.1 Å². The molecule has 1 aliphatic rings. The second-order valence-corrected chi connectivity index (χ2v) is 6.03. The van der Waals surface area contributed by atoms with Crippen molar-refractivity contribution in [3.05, 3.63) is 18.6 Å². The van der Waals surface area contributed by atoms with Gasteiger partial charge in [-0.1, -0.05) is 0 Å². The van der Waals surface area contributed by atoms with Gasteiger partial charge < -0.3 is 14.5 Å². The Morgan fingerprint density at radius 1 is 1.35 bits per heavy atom. The van der Waals surface area contributed by atoms with Gasteiger partial charge in [0.1, 0.15) is 11.4 Å². The van der Waals surface area contributed by atoms with Crippen molar-refractivity contribution in [2.75, 3.05) is 24.5 Å². The zero-order valence-electron chi connectivity index (χ0n) is 12.5. The van der Waals surface area contributed by atoms with Crippen molar-refractivity contribution in [3.63, 3.8) is 0 Å². The largest absolute Gasteiger partial charge is 0.444 e. The fourth-order valence-electron chi connectivity index (χ4n) is 2.23. The van der Waals surface area contributed by atoms with E-state index >= 15 is 0 Å². The maximum Gasteiger partial charge on any atom is 0.410 e. The van der Waals surface area contributed by atoms with Crippen LogP contribution in [0.4, 0.5) is 10.6 Å². The predicted molar refractivity (Wildman–Crippen MR) is 76.6 cm³/mol. The van der Waals surface area contributed by atoms with Crippen LogP contribution in [0.3, 0.4) is 0 Å². The van der Waals surface area contributed by atoms with E-state index in [9.17, 15) is 4.79 Å². The van der Waals surface area contributed by atoms with Crippen LogP contribution in [0.2, 0.25) is 0 Å². The number of hydrogen-bond acceptors (Lipinski definition) is 5. The third-order valence-corrected chi connectivity index (χ3v) is 3.12. The van der Waals surface area contributed by atoms with Gasteiger partial charge in [0.15, 0.2) is 0 Å². The summed E-state index contributed by atoms with van der Waals surface area (Å²) in [5.41, 5.74) is -0.456. The van der Waals surface area contributed by atoms with Gasteiger partial charge in [0, 0.05) is 38.1 Å². The Bertz CT molecular complexity index is 458. The molecular formula is C14H22N4O2. The fraction of sp³-hybridized carbons (Fsp3) is 0.643. The van der Waals surface area contributed by atoms with Crippen molar-refractivity contribution in [2.24, 2.45) is 0 Å². The molecule has 0 unspecified atom stereocenters. The molecular weight excluding hydrogens is 256 g/mol. The highest BCUT2D eigenvalue weighted by Gasteiger charge is 2.30. The summed E-state index contributed by atoms with van der Waals surface area (Å²) in [6.07, 6.45) is 4.84. The summed E-state index contributed by atoms with van der Waals surface area (Å²) < 4.78 is 5.41. The van der Waals surface area contributed by atoms with Gasteiger partial charge in [-0.25, -0.2) is 9.78 Å². The molecule has 2 rings (SSSR count). The minimum Gasteiger partial charge on any atom is -0.444 e. The number of ether oxygens (including phenoxy) is 1. The van der Waals surface area contributed by atoms with Crippen LogP contribution in [0.25, 0.3) is 0 Å². The summed E-state index contributed by atoms with van der Waals surface area (Å²) >= 11 is 0. The lowest BCUT2D eigenvalue weighted by Gasteiger charge is -2.40. The molecule has 1 fully saturated rings. The molecule has 1 aliphatic heterocycles. The third-order valence-electron chi connectivity index (χ3n) is 3.12. The summed E-state index contributed by atoms with van der Waals surface area (Å²) in [6.45, 7) is 9.71. The van der Waals surface area contributed by atoms with Gasteiger partial charge >= 0.3 is 6.09 Å². The topological polar surface area (TPSA) is 58.6 Å². The quantitative estimate of drug-likeness (QED) is 0.785. The summed E-state index contributed by atoms with van der Waals surface area (Å²) in [4.78, 5) is 24.4. The lowest BCUT2D eigenvalue weighted by atomic mass is 10.2. The Morgan fingerprint density at radius 3 is 2.65 bits per heavy atom. The van der Waals surface area contributed by atoms with Crippen LogP contribution in [0.15, 0.2) is 18.6 Å². The molecule has 2 heterocycles. The van der Waals surface area contributed by atoms with E-state index in [2.05, 4.69) is 21.8 Å². The van der Waals surface area contributed by atoms with Gasteiger partial charge in [0.05, 0.1) is 6.20 Å². The van der Waals surface area contributed by atoms with E-state index in [1.807, 2.05) is 20.8 Å². The van der Waals surface area contributed by atoms with E-state index in [0.29, 0.717) is 13.1 Å². The van der Waals surface area contributed by atoms with Crippen molar-refractivity contribution in [3.8, 4) is 0 Å². The number of piperazine rings is 1. The molecule has 0 bridgehead atoms. The Hall–Kier alpha value is -1.85. The number of hydrogen-bond donors (Lipinski definition) is 0. The normalized spacial score (nSPS) is 19.9. The standard InChI is InChI=1S/C14H22N4O2/c1-11-10-17(13(19)20-14(2,3)4)7-8-18(11)12-9-15-5-6-16-12/h5-6,9,11H,7-8,10H2,1-4H3/t11-/m1/s1. The summed E-state index contributed by atoms with van der Waals surface area (Å²) in [5, 5.41) is 0. The molecule has 20 heavy (non-hydrogen) atoms. The number of aromatic nitrogens is 2. The Kier molecular flexibility index (Phi) is 4.11. The molecule has 0 N–H and O–H groups in total. The van der Waals surface area contributed by atoms with E-state index in [1.54, 1.807) is 23.5 Å². The van der Waals surface area contributed by atoms with Crippen LogP contribution < -0.4 is 4.90 Å². The highest BCUT2D eigenvalue weighted by atomic mass is 16.6. The Balaban J connectivity index is 1.97. The van der Waals surface area contributed by atoms with Crippen molar-refractivity contribution >= 4 is 11.9 Å². The van der Waals surface area contributed by atoms with Gasteiger partial charge in [-0.3, -0.25) is 4.98 Å². The van der Waals surface area contributed by atoms with Gasteiger partial charge in [0.2, 0.25) is 0 Å². The number of rotatable bonds is 1. The molecule has 0 spiro atoms. The zero-order chi connectivity index (χ0) is 14.8. The summed E-state index contributed by atoms with van der Waals surface area (Å²) in [7, 11) is 0. The fourth-order valence-corrected chi connectivity index (χ4v) is 2.23. The Labute approximate surface area is 119 Å². The SMILES string of the molecule is C[C@@H]1CN(C(=O)OC(C)(C)C)CCN1c1cnccn1. The number of amides is 1. The van der Waals surface area contributed by atoms with Crippen LogP contribution in [0.1, 0.15) is 27.7 Å². The molecule has 0 aromatic carbocycles. The number of anilines is 1. The van der Waals surface area contributed by atoms with E-state index in [4.69, 9.17) is 4.74 Å². The average Bonchev–Trinajstić information content (AvgIpc) is 2.37. The van der Waals surface area contributed by atoms with Crippen LogP contribution >= 0.6 is 0 Å². The average molecular weight is 278 g/mol. The molecule has 110 valence electrons. The predicted octanol–water partition coefficient (Wildman–Crippen LogP) is 1.92. The first-order chi connectivity index (χ1) is 9.37. The lowest BCUT2D eigenvalue weighted by molar-refractivity contribution is 0.0218. The molecule has 0 aliphatic carbocycles. The van der Waals surface area contributed by atoms with Crippen molar-refractivity contribution < 1.29 is 9.53 Å². The molecule has 1 aromatic heterocycles. The van der Waals surface area contributed by atoms with Crippen LogP contribution in [-0.4, -0.2) is 52.2 Å². The molecule has 1 atom stereocenters. The zero-order valence-corrected chi connectivity index (χ0v) is 12.5. The number of nitrogens with zero attached hydrogens (tertiary/aromatic N) is 4. The highest BCUT2D eigenvalue weighted by Crippen LogP contribution is 2.18. The number of carbonyl (C=O) groups is 1. The second kappa shape index (κ2) is 5.64. The van der Waals surface area contributed by atoms with E-state index < -0.39 is 5.60 Å². The van der Waals surface area contributed by atoms with Gasteiger partial charge in [0.25, 0.3) is 0 Å². The van der Waals surface area contributed by atoms with E-state index in [0.717, 1.165) is 12.4 Å². The van der Waals surface area contributed by atoms with Crippen LogP contribution in [-0.2, 0) is 4.74 Å². The molecule has 0 radical (unpaired) electrons. The monoisotopic (exact) mass is 278 g/mol. The molecule has 1 amide bonds. The highest BCUT2D eigenvalue weighted by molar-refractivity contribution is 5.68. The first-order valence-electron chi connectivity index (χ1n) is 6.87. The first kappa shape index (κ1) is 14.6. The smallest absolute Gasteiger partial charge is 0.410 e. The van der Waals surface area contributed by atoms with Crippen molar-refractivity contribution in [1.82, 2.24) is 14.9 Å². The van der Waals surface area contributed by atoms with Crippen LogP contribution in [0.5, 0.6) is 0 Å². The van der Waals surface area contributed by atoms with Gasteiger partial charge in [-0.15, -0.1) is 0 Å². The van der Waals surface area contributed by atoms with E-state index in [1.165, 1.54) is 0 Å². The minimum absolute atomic E-state index is 0.188. The van der Waals surface area contributed by atoms with Crippen molar-refractivity contribution in [1.29, 1.82) is 0 Å². The second-order valence-electron chi connectivity index (χ2n) is 6.03. The molecule has 6 nitrogen and oxygen atoms in total. The summed E-state index contributed by atoms with van der Waals surface area (Å²) in [6, 6.07) is 0.188. The molecule has 6 heteroatoms. The number of carbonyl (C=O) groups excluding carboxylic acids is 1. The van der Waals surface area contributed by atoms with Gasteiger partial charge in [-0.05, 0) is 27.7 Å². The first-order valence-corrected chi connectivity index (χ1v) is 6.87. The van der Waals surface area contributed by atoms with Crippen LogP contribution in [0, 0.1) is 0 Å². The maximum absolute atomic E-state index is 12.1.